The quantitative estimate of drug-likeness (QED) is 0.0234. The second-order valence-electron chi connectivity index (χ2n) is 17.3. The number of benzene rings is 3. The zero-order valence-corrected chi connectivity index (χ0v) is 39.6. The Balaban J connectivity index is 0.711. The maximum Gasteiger partial charge on any atom is 0.280 e. The van der Waals surface area contributed by atoms with Crippen LogP contribution in [-0.4, -0.2) is 151 Å². The number of amidine groups is 2. The van der Waals surface area contributed by atoms with Crippen molar-refractivity contribution >= 4 is 52.6 Å². The molecular weight excluding hydrogens is 902 g/mol. The Morgan fingerprint density at radius 3 is 2.39 bits per heavy atom. The van der Waals surface area contributed by atoms with Gasteiger partial charge in [0, 0.05) is 63.2 Å². The Labute approximate surface area is 406 Å². The number of imide groups is 2. The molecule has 3 aliphatic rings. The Bertz CT molecular complexity index is 2570. The number of carbonyl (C=O) groups is 5. The molecule has 0 aliphatic carbocycles. The third-order valence-electron chi connectivity index (χ3n) is 12.5. The van der Waals surface area contributed by atoms with E-state index in [9.17, 15) is 24.0 Å². The number of nitrogens with one attached hydrogen (secondary N) is 4. The molecule has 1 unspecified atom stereocenters. The molecule has 0 saturated carbocycles. The molecule has 0 spiro atoms. The van der Waals surface area contributed by atoms with Crippen LogP contribution in [0.1, 0.15) is 93.8 Å². The lowest BCUT2D eigenvalue weighted by Gasteiger charge is -2.36. The third-order valence-corrected chi connectivity index (χ3v) is 12.5. The van der Waals surface area contributed by atoms with Crippen LogP contribution in [-0.2, 0) is 19.1 Å². The number of aromatic nitrogens is 2. The first-order chi connectivity index (χ1) is 33.9. The highest BCUT2D eigenvalue weighted by molar-refractivity contribution is 6.23. The fourth-order valence-electron chi connectivity index (χ4n) is 8.36. The second-order valence-corrected chi connectivity index (χ2v) is 17.3. The highest BCUT2D eigenvalue weighted by atomic mass is 19.1. The van der Waals surface area contributed by atoms with Crippen molar-refractivity contribution in [2.75, 3.05) is 89.6 Å². The predicted octanol–water partition coefficient (Wildman–Crippen LogP) is 3.74. The van der Waals surface area contributed by atoms with Crippen molar-refractivity contribution in [1.29, 1.82) is 5.41 Å². The number of nitrogens with two attached hydrogens (primary N) is 1. The van der Waals surface area contributed by atoms with E-state index in [0.29, 0.717) is 88.5 Å². The summed E-state index contributed by atoms with van der Waals surface area (Å²) in [6, 6.07) is 17.6. The lowest BCUT2D eigenvalue weighted by Crippen LogP contribution is -2.54. The number of fused-ring (bicyclic) bond motifs is 1. The predicted molar refractivity (Wildman–Crippen MR) is 259 cm³/mol. The van der Waals surface area contributed by atoms with Crippen LogP contribution in [0.2, 0.25) is 0 Å². The van der Waals surface area contributed by atoms with Crippen molar-refractivity contribution < 1.29 is 47.1 Å². The first kappa shape index (κ1) is 50.7. The molecule has 6 N–H and O–H groups in total. The van der Waals surface area contributed by atoms with Crippen LogP contribution in [0.4, 0.5) is 15.8 Å². The maximum absolute atomic E-state index is 15.3. The number of ether oxygens (including phenoxy) is 3. The number of carbonyl (C=O) groups excluding carboxylic acids is 5. The SMILES string of the molecule is C[C@@H](NC(=O)c1cccc(NCC(N)=[N+](C)C(=N)c2ccncn2)c1)c1cccc(OCCCCCCOCCOCCN2CCN(c3cc4c(cc3F)C(=O)N(C3CCC(=O)NC3=O)C4=O)CC2)c1. The molecule has 3 aromatic carbocycles. The molecule has 2 atom stereocenters. The lowest BCUT2D eigenvalue weighted by molar-refractivity contribution is -0.373. The smallest absolute Gasteiger partial charge is 0.280 e. The number of hydrogen-bond acceptors (Lipinski definition) is 14. The van der Waals surface area contributed by atoms with Crippen molar-refractivity contribution in [1.82, 2.24) is 30.4 Å². The molecule has 0 bridgehead atoms. The maximum atomic E-state index is 15.3. The first-order valence-electron chi connectivity index (χ1n) is 23.6. The minimum Gasteiger partial charge on any atom is -0.494 e. The number of anilines is 2. The zero-order chi connectivity index (χ0) is 49.6. The van der Waals surface area contributed by atoms with E-state index in [1.165, 1.54) is 17.0 Å². The van der Waals surface area contributed by atoms with E-state index >= 15 is 4.39 Å². The molecule has 4 heterocycles. The van der Waals surface area contributed by atoms with Gasteiger partial charge in [0.15, 0.2) is 0 Å². The van der Waals surface area contributed by atoms with Crippen molar-refractivity contribution in [3.05, 3.63) is 113 Å². The van der Waals surface area contributed by atoms with Gasteiger partial charge in [-0.25, -0.2) is 18.9 Å². The Hall–Kier alpha value is -7.16. The Morgan fingerprint density at radius 1 is 0.914 bits per heavy atom. The first-order valence-corrected chi connectivity index (χ1v) is 23.6. The van der Waals surface area contributed by atoms with E-state index in [0.717, 1.165) is 48.0 Å². The minimum atomic E-state index is -1.11. The van der Waals surface area contributed by atoms with E-state index in [2.05, 4.69) is 30.8 Å². The van der Waals surface area contributed by atoms with Crippen molar-refractivity contribution in [2.24, 2.45) is 5.73 Å². The molecule has 2 fully saturated rings. The normalized spacial score (nSPS) is 16.9. The van der Waals surface area contributed by atoms with Gasteiger partial charge in [0.2, 0.25) is 17.6 Å². The number of unbranched alkanes of at least 4 members (excludes halogenated alkanes) is 3. The van der Waals surface area contributed by atoms with Gasteiger partial charge in [-0.05, 0) is 86.7 Å². The molecule has 19 nitrogen and oxygen atoms in total. The fraction of sp³-hybridized carbons (Fsp3) is 0.420. The molecule has 70 heavy (non-hydrogen) atoms. The van der Waals surface area contributed by atoms with Crippen molar-refractivity contribution in [3.8, 4) is 5.75 Å². The summed E-state index contributed by atoms with van der Waals surface area (Å²) >= 11 is 0. The average Bonchev–Trinajstić information content (AvgIpc) is 3.61. The second kappa shape index (κ2) is 24.4. The number of amides is 5. The van der Waals surface area contributed by atoms with Crippen LogP contribution in [0.3, 0.4) is 0 Å². The highest BCUT2D eigenvalue weighted by Gasteiger charge is 2.45. The monoisotopic (exact) mass is 962 g/mol. The molecule has 0 radical (unpaired) electrons. The molecule has 3 aliphatic heterocycles. The van der Waals surface area contributed by atoms with E-state index in [4.69, 9.17) is 25.4 Å². The summed E-state index contributed by atoms with van der Waals surface area (Å²) in [7, 11) is 1.69. The number of piperazine rings is 1. The van der Waals surface area contributed by atoms with Crippen LogP contribution >= 0.6 is 0 Å². The fourth-order valence-corrected chi connectivity index (χ4v) is 8.36. The number of rotatable bonds is 23. The summed E-state index contributed by atoms with van der Waals surface area (Å²) < 4.78 is 34.5. The van der Waals surface area contributed by atoms with Gasteiger partial charge in [0.1, 0.15) is 36.2 Å². The van der Waals surface area contributed by atoms with Gasteiger partial charge < -0.3 is 35.5 Å². The number of piperidine rings is 1. The Morgan fingerprint density at radius 2 is 1.64 bits per heavy atom. The van der Waals surface area contributed by atoms with E-state index in [-0.39, 0.29) is 54.0 Å². The van der Waals surface area contributed by atoms with Crippen LogP contribution in [0.15, 0.2) is 79.3 Å². The van der Waals surface area contributed by atoms with Gasteiger partial charge in [-0.2, -0.15) is 5.41 Å². The van der Waals surface area contributed by atoms with E-state index in [1.807, 2.05) is 42.2 Å². The standard InChI is InChI=1S/C50H60FN11O8/c1-33(57-47(64)35-10-7-11-36(27-35)55-31-44(52)59(2)46(53)41-15-16-54-32-56-41)34-9-8-12-37(28-34)70-23-6-4-3-5-22-68-25-26-69-24-21-60-17-19-61(20-18-60)43-30-39-38(29-40(43)51)49(66)62(50(39)67)42-13-14-45(63)58-48(42)65/h7-12,15-16,27-30,32-33,42,52-53,55H,3-6,13-14,17-26,31H2,1-2H3,(H2,57,58,63,64,65)/p+1/t33-,42?/m1/s1. The van der Waals surface area contributed by atoms with Gasteiger partial charge in [0.05, 0.1) is 56.3 Å². The summed E-state index contributed by atoms with van der Waals surface area (Å²) in [6.45, 7) is 8.00. The molecule has 370 valence electrons. The summed E-state index contributed by atoms with van der Waals surface area (Å²) in [4.78, 5) is 76.4. The molecule has 4 aromatic rings. The molecule has 7 rings (SSSR count). The Kier molecular flexibility index (Phi) is 17.7. The molecule has 20 heteroatoms. The largest absolute Gasteiger partial charge is 0.494 e. The number of halogens is 1. The van der Waals surface area contributed by atoms with Gasteiger partial charge in [0.25, 0.3) is 23.6 Å². The molecule has 1 aromatic heterocycles. The van der Waals surface area contributed by atoms with Crippen molar-refractivity contribution in [3.63, 3.8) is 0 Å². The van der Waals surface area contributed by atoms with Crippen molar-refractivity contribution in [2.45, 2.75) is 57.5 Å². The number of hydrogen-bond donors (Lipinski definition) is 5. The topological polar surface area (TPSA) is 238 Å². The molecular formula is C50H61FN11O8+. The van der Waals surface area contributed by atoms with E-state index in [1.54, 1.807) is 37.5 Å². The number of nitrogens with zero attached hydrogens (tertiary/aromatic N) is 6. The van der Waals surface area contributed by atoms with Crippen LogP contribution < -0.4 is 31.3 Å². The van der Waals surface area contributed by atoms with Crippen LogP contribution in [0.25, 0.3) is 0 Å². The van der Waals surface area contributed by atoms with E-state index < -0.39 is 35.5 Å². The van der Waals surface area contributed by atoms with Crippen LogP contribution in [0, 0.1) is 11.2 Å². The molecule has 2 saturated heterocycles. The summed E-state index contributed by atoms with van der Waals surface area (Å²) in [5.74, 6) is -2.10. The summed E-state index contributed by atoms with van der Waals surface area (Å²) in [5, 5.41) is 16.8. The third kappa shape index (κ3) is 13.1. The average molecular weight is 963 g/mol. The summed E-state index contributed by atoms with van der Waals surface area (Å²) in [6.07, 6.45) is 6.84. The van der Waals surface area contributed by atoms with Gasteiger partial charge in [-0.15, -0.1) is 0 Å². The summed E-state index contributed by atoms with van der Waals surface area (Å²) in [5.41, 5.74) is 9.05. The van der Waals surface area contributed by atoms with Gasteiger partial charge in [-0.3, -0.25) is 39.1 Å². The van der Waals surface area contributed by atoms with Gasteiger partial charge in [-0.1, -0.05) is 24.6 Å². The zero-order valence-electron chi connectivity index (χ0n) is 39.6. The van der Waals surface area contributed by atoms with Crippen LogP contribution in [0.5, 0.6) is 5.75 Å². The lowest BCUT2D eigenvalue weighted by atomic mass is 10.0. The highest BCUT2D eigenvalue weighted by Crippen LogP contribution is 2.33. The van der Waals surface area contributed by atoms with Gasteiger partial charge >= 0.3 is 0 Å². The minimum absolute atomic E-state index is 0.0106. The molecule has 5 amide bonds.